The molecule has 1 aliphatic rings. The van der Waals surface area contributed by atoms with Crippen LogP contribution < -0.4 is 5.32 Å². The molecule has 2 rings (SSSR count). The van der Waals surface area contributed by atoms with Gasteiger partial charge in [-0.2, -0.15) is 4.31 Å². The van der Waals surface area contributed by atoms with Gasteiger partial charge in [0.2, 0.25) is 0 Å². The van der Waals surface area contributed by atoms with Crippen molar-refractivity contribution in [3.05, 3.63) is 18.3 Å². The van der Waals surface area contributed by atoms with E-state index in [4.69, 9.17) is 4.74 Å². The molecule has 7 nitrogen and oxygen atoms in total. The molecule has 0 aliphatic carbocycles. The molecule has 0 saturated carbocycles. The van der Waals surface area contributed by atoms with E-state index in [-0.39, 0.29) is 30.8 Å². The van der Waals surface area contributed by atoms with Crippen LogP contribution in [0.5, 0.6) is 0 Å². The molecule has 8 heteroatoms. The van der Waals surface area contributed by atoms with Crippen molar-refractivity contribution in [2.45, 2.75) is 24.2 Å². The first kappa shape index (κ1) is 15.2. The maximum Gasteiger partial charge on any atom is 0.262 e. The van der Waals surface area contributed by atoms with Gasteiger partial charge in [-0.3, -0.25) is 0 Å². The number of sulfonamides is 1. The largest absolute Gasteiger partial charge is 0.394 e. The minimum Gasteiger partial charge on any atom is -0.394 e. The van der Waals surface area contributed by atoms with Gasteiger partial charge in [0.05, 0.1) is 24.5 Å². The molecule has 0 radical (unpaired) electrons. The van der Waals surface area contributed by atoms with Crippen LogP contribution in [0.4, 0.5) is 5.69 Å². The van der Waals surface area contributed by atoms with Gasteiger partial charge in [-0.05, 0) is 19.1 Å². The number of ether oxygens (including phenoxy) is 1. The summed E-state index contributed by atoms with van der Waals surface area (Å²) >= 11 is 0. The fourth-order valence-electron chi connectivity index (χ4n) is 2.21. The van der Waals surface area contributed by atoms with Gasteiger partial charge >= 0.3 is 0 Å². The Morgan fingerprint density at radius 3 is 2.95 bits per heavy atom. The highest BCUT2D eigenvalue weighted by molar-refractivity contribution is 7.89. The van der Waals surface area contributed by atoms with Crippen molar-refractivity contribution in [2.24, 2.45) is 0 Å². The number of anilines is 1. The summed E-state index contributed by atoms with van der Waals surface area (Å²) in [6.07, 6.45) is 0.675. The standard InChI is InChI=1S/C12H19N3O4S/c1-9-6-15(7-10(8-16)19-9)20(17,18)12-11(13-2)4-3-5-14-12/h3-5,9-10,13,16H,6-8H2,1-2H3. The van der Waals surface area contributed by atoms with Gasteiger partial charge < -0.3 is 15.2 Å². The predicted molar refractivity (Wildman–Crippen MR) is 74.0 cm³/mol. The number of nitrogens with one attached hydrogen (secondary N) is 1. The number of morpholine rings is 1. The zero-order valence-corrected chi connectivity index (χ0v) is 12.3. The molecule has 2 atom stereocenters. The van der Waals surface area contributed by atoms with E-state index in [2.05, 4.69) is 10.3 Å². The van der Waals surface area contributed by atoms with Gasteiger partial charge in [0.15, 0.2) is 5.03 Å². The Morgan fingerprint density at radius 1 is 1.55 bits per heavy atom. The van der Waals surface area contributed by atoms with E-state index in [9.17, 15) is 13.5 Å². The number of aliphatic hydroxyl groups excluding tert-OH is 1. The van der Waals surface area contributed by atoms with Crippen molar-refractivity contribution in [3.8, 4) is 0 Å². The quantitative estimate of drug-likeness (QED) is 0.806. The fourth-order valence-corrected chi connectivity index (χ4v) is 3.86. The first-order valence-corrected chi connectivity index (χ1v) is 7.82. The molecule has 2 unspecified atom stereocenters. The predicted octanol–water partition coefficient (Wildman–Crippen LogP) is -0.106. The smallest absolute Gasteiger partial charge is 0.262 e. The van der Waals surface area contributed by atoms with Crippen LogP contribution in [-0.4, -0.2) is 61.8 Å². The maximum absolute atomic E-state index is 12.7. The Balaban J connectivity index is 2.34. The number of pyridine rings is 1. The van der Waals surface area contributed by atoms with E-state index < -0.39 is 16.1 Å². The Morgan fingerprint density at radius 2 is 2.30 bits per heavy atom. The molecule has 112 valence electrons. The molecule has 0 bridgehead atoms. The second kappa shape index (κ2) is 6.04. The molecule has 2 heterocycles. The lowest BCUT2D eigenvalue weighted by Crippen LogP contribution is -2.50. The first-order chi connectivity index (χ1) is 9.48. The number of aromatic nitrogens is 1. The van der Waals surface area contributed by atoms with Crippen molar-refractivity contribution >= 4 is 15.7 Å². The van der Waals surface area contributed by atoms with E-state index in [0.717, 1.165) is 0 Å². The molecule has 1 aromatic rings. The number of nitrogens with zero attached hydrogens (tertiary/aromatic N) is 2. The SMILES string of the molecule is CNc1cccnc1S(=O)(=O)N1CC(C)OC(CO)C1. The topological polar surface area (TPSA) is 91.8 Å². The van der Waals surface area contributed by atoms with Gasteiger partial charge in [0.25, 0.3) is 10.0 Å². The first-order valence-electron chi connectivity index (χ1n) is 6.38. The summed E-state index contributed by atoms with van der Waals surface area (Å²) in [6.45, 7) is 1.95. The molecule has 1 fully saturated rings. The van der Waals surface area contributed by atoms with Gasteiger partial charge in [-0.25, -0.2) is 13.4 Å². The Kier molecular flexibility index (Phi) is 4.59. The Labute approximate surface area is 118 Å². The lowest BCUT2D eigenvalue weighted by atomic mass is 10.2. The number of aliphatic hydroxyl groups is 1. The molecule has 0 spiro atoms. The van der Waals surface area contributed by atoms with Gasteiger partial charge in [0, 0.05) is 26.3 Å². The highest BCUT2D eigenvalue weighted by Crippen LogP contribution is 2.24. The summed E-state index contributed by atoms with van der Waals surface area (Å²) in [7, 11) is -2.06. The number of rotatable bonds is 4. The summed E-state index contributed by atoms with van der Waals surface area (Å²) in [5.74, 6) is 0. The van der Waals surface area contributed by atoms with Crippen LogP contribution in [0.2, 0.25) is 0 Å². The minimum absolute atomic E-state index is 0.00621. The van der Waals surface area contributed by atoms with Gasteiger partial charge in [0.1, 0.15) is 0 Å². The van der Waals surface area contributed by atoms with E-state index in [0.29, 0.717) is 5.69 Å². The van der Waals surface area contributed by atoms with Crippen LogP contribution in [0.3, 0.4) is 0 Å². The molecule has 2 N–H and O–H groups in total. The van der Waals surface area contributed by atoms with Crippen molar-refractivity contribution < 1.29 is 18.3 Å². The summed E-state index contributed by atoms with van der Waals surface area (Å²) in [5, 5.41) is 12.0. The van der Waals surface area contributed by atoms with E-state index in [1.54, 1.807) is 26.1 Å². The highest BCUT2D eigenvalue weighted by atomic mass is 32.2. The maximum atomic E-state index is 12.7. The highest BCUT2D eigenvalue weighted by Gasteiger charge is 2.35. The van der Waals surface area contributed by atoms with Crippen LogP contribution in [0, 0.1) is 0 Å². The summed E-state index contributed by atoms with van der Waals surface area (Å²) in [6, 6.07) is 3.33. The van der Waals surface area contributed by atoms with Gasteiger partial charge in [-0.1, -0.05) is 0 Å². The zero-order chi connectivity index (χ0) is 14.8. The Bertz CT molecular complexity index is 564. The number of hydrogen-bond donors (Lipinski definition) is 2. The van der Waals surface area contributed by atoms with Crippen molar-refractivity contribution in [1.82, 2.24) is 9.29 Å². The lowest BCUT2D eigenvalue weighted by molar-refractivity contribution is -0.0750. The van der Waals surface area contributed by atoms with Gasteiger partial charge in [-0.15, -0.1) is 0 Å². The Hall–Kier alpha value is -1.22. The normalized spacial score (nSPS) is 24.6. The van der Waals surface area contributed by atoms with Crippen LogP contribution >= 0.6 is 0 Å². The molecule has 20 heavy (non-hydrogen) atoms. The average Bonchev–Trinajstić information content (AvgIpc) is 2.46. The van der Waals surface area contributed by atoms with Crippen LogP contribution in [0.25, 0.3) is 0 Å². The fraction of sp³-hybridized carbons (Fsp3) is 0.583. The molecular formula is C12H19N3O4S. The third-order valence-electron chi connectivity index (χ3n) is 3.12. The van der Waals surface area contributed by atoms with Crippen LogP contribution in [-0.2, 0) is 14.8 Å². The van der Waals surface area contributed by atoms with Crippen molar-refractivity contribution in [2.75, 3.05) is 32.1 Å². The molecule has 1 saturated heterocycles. The minimum atomic E-state index is -3.71. The van der Waals surface area contributed by atoms with E-state index >= 15 is 0 Å². The van der Waals surface area contributed by atoms with Crippen molar-refractivity contribution in [3.63, 3.8) is 0 Å². The summed E-state index contributed by atoms with van der Waals surface area (Å²) in [5.41, 5.74) is 0.451. The third kappa shape index (κ3) is 2.93. The monoisotopic (exact) mass is 301 g/mol. The van der Waals surface area contributed by atoms with Crippen molar-refractivity contribution in [1.29, 1.82) is 0 Å². The summed E-state index contributed by atoms with van der Waals surface area (Å²) < 4.78 is 32.1. The van der Waals surface area contributed by atoms with Crippen LogP contribution in [0.15, 0.2) is 23.4 Å². The van der Waals surface area contributed by atoms with Crippen LogP contribution in [0.1, 0.15) is 6.92 Å². The van der Waals surface area contributed by atoms with E-state index in [1.165, 1.54) is 10.5 Å². The number of hydrogen-bond acceptors (Lipinski definition) is 6. The second-order valence-electron chi connectivity index (χ2n) is 4.68. The summed E-state index contributed by atoms with van der Waals surface area (Å²) in [4.78, 5) is 3.98. The average molecular weight is 301 g/mol. The third-order valence-corrected chi connectivity index (χ3v) is 4.91. The lowest BCUT2D eigenvalue weighted by Gasteiger charge is -2.35. The molecule has 1 aromatic heterocycles. The zero-order valence-electron chi connectivity index (χ0n) is 11.5. The van der Waals surface area contributed by atoms with E-state index in [1.807, 2.05) is 0 Å². The second-order valence-corrected chi connectivity index (χ2v) is 6.53. The molecule has 0 amide bonds. The molecule has 1 aliphatic heterocycles. The molecule has 0 aromatic carbocycles. The molecular weight excluding hydrogens is 282 g/mol.